The maximum atomic E-state index is 15.0. The number of benzene rings is 2. The summed E-state index contributed by atoms with van der Waals surface area (Å²) in [7, 11) is -2.79. The van der Waals surface area contributed by atoms with Gasteiger partial charge in [-0.15, -0.1) is 0 Å². The molecule has 404 valence electrons. The number of ether oxygens (including phenoxy) is 4. The number of nitrogens with one attached hydrogen (secondary N) is 1. The highest BCUT2D eigenvalue weighted by Gasteiger charge is 2.95. The van der Waals surface area contributed by atoms with Gasteiger partial charge in [0.1, 0.15) is 24.0 Å². The summed E-state index contributed by atoms with van der Waals surface area (Å²) >= 11 is 0. The van der Waals surface area contributed by atoms with Crippen LogP contribution >= 0.6 is 0 Å². The summed E-state index contributed by atoms with van der Waals surface area (Å²) < 4.78 is 292. The molecular formula is C43H48F19NO7Si. The molecule has 2 aromatic rings. The molecule has 2 aromatic carbocycles. The fraction of sp³-hybridized carbons (Fsp3) is 0.581. The van der Waals surface area contributed by atoms with Crippen LogP contribution in [0, 0.1) is 11.6 Å². The van der Waals surface area contributed by atoms with E-state index in [0.29, 0.717) is 6.07 Å². The Bertz CT molecular complexity index is 2110. The van der Waals surface area contributed by atoms with Crippen molar-refractivity contribution >= 4 is 26.1 Å². The molecule has 8 nitrogen and oxygen atoms in total. The number of alkyl halides is 17. The maximum absolute atomic E-state index is 15.0. The minimum Gasteiger partial charge on any atom is -0.491 e. The Labute approximate surface area is 395 Å². The molecule has 0 heterocycles. The Morgan fingerprint density at radius 3 is 1.73 bits per heavy atom. The number of hydrogen-bond acceptors (Lipinski definition) is 7. The van der Waals surface area contributed by atoms with Crippen LogP contribution in [0.3, 0.4) is 0 Å². The van der Waals surface area contributed by atoms with Gasteiger partial charge < -0.3 is 23.4 Å². The van der Waals surface area contributed by atoms with Crippen LogP contribution in [0.25, 0.3) is 0 Å². The highest BCUT2D eigenvalue weighted by molar-refractivity contribution is 6.76. The lowest BCUT2D eigenvalue weighted by Gasteiger charge is -2.44. The van der Waals surface area contributed by atoms with E-state index in [2.05, 4.69) is 5.32 Å². The molecule has 2 atom stereocenters. The molecule has 0 aliphatic heterocycles. The van der Waals surface area contributed by atoms with Crippen LogP contribution in [0.4, 0.5) is 93.9 Å². The quantitative estimate of drug-likeness (QED) is 0.0238. The number of methoxy groups -OCH3 is 1. The maximum Gasteiger partial charge on any atom is 0.460 e. The van der Waals surface area contributed by atoms with Crippen molar-refractivity contribution in [3.63, 3.8) is 0 Å². The second kappa shape index (κ2) is 23.9. The van der Waals surface area contributed by atoms with Crippen molar-refractivity contribution in [2.45, 2.75) is 131 Å². The highest BCUT2D eigenvalue weighted by atomic mass is 28.4. The molecule has 0 saturated heterocycles. The SMILES string of the molecule is CCOC(=O)/C=C/C=C/CC[C@H](OC)[C@@H](OC(=O)Nc1ccc(F)cc1F)c1ccc(OCCO[Si](CCC(F)(F)C(F)(F)C(F)(F)C(F)(F)C(F)(F)C(F)(F)C(F)(F)C(F)(F)F)(C(C)C)C(C)C)cc1. The second-order valence-corrected chi connectivity index (χ2v) is 21.2. The van der Waals surface area contributed by atoms with Gasteiger partial charge in [0.2, 0.25) is 0 Å². The molecular weight excluding hydrogens is 1030 g/mol. The number of carbonyl (C=O) groups is 2. The number of allylic oxidation sites excluding steroid dienone is 3. The zero-order valence-electron chi connectivity index (χ0n) is 38.1. The van der Waals surface area contributed by atoms with Crippen LogP contribution < -0.4 is 10.1 Å². The molecule has 0 aliphatic rings. The normalized spacial score (nSPS) is 14.9. The molecule has 28 heteroatoms. The van der Waals surface area contributed by atoms with Crippen LogP contribution in [0.1, 0.15) is 65.5 Å². The molecule has 0 radical (unpaired) electrons. The van der Waals surface area contributed by atoms with Gasteiger partial charge in [-0.25, -0.2) is 18.4 Å². The van der Waals surface area contributed by atoms with E-state index in [-0.39, 0.29) is 30.8 Å². The number of halogens is 19. The molecule has 0 aliphatic carbocycles. The van der Waals surface area contributed by atoms with Crippen molar-refractivity contribution in [2.24, 2.45) is 0 Å². The Hall–Kier alpha value is -4.73. The summed E-state index contributed by atoms with van der Waals surface area (Å²) in [6.45, 7) is 5.84. The van der Waals surface area contributed by atoms with Crippen molar-refractivity contribution in [1.82, 2.24) is 0 Å². The van der Waals surface area contributed by atoms with E-state index < -0.39 is 134 Å². The zero-order chi connectivity index (χ0) is 54.8. The first-order valence-electron chi connectivity index (χ1n) is 20.9. The molecule has 0 aromatic heterocycles. The Balaban J connectivity index is 2.33. The Morgan fingerprint density at radius 2 is 1.24 bits per heavy atom. The molecule has 1 N–H and O–H groups in total. The van der Waals surface area contributed by atoms with Gasteiger partial charge in [-0.1, -0.05) is 58.1 Å². The van der Waals surface area contributed by atoms with Crippen LogP contribution in [0.5, 0.6) is 5.75 Å². The van der Waals surface area contributed by atoms with Gasteiger partial charge >= 0.3 is 59.7 Å². The number of hydrogen-bond donors (Lipinski definition) is 1. The molecule has 0 saturated carbocycles. The second-order valence-electron chi connectivity index (χ2n) is 16.1. The summed E-state index contributed by atoms with van der Waals surface area (Å²) in [5, 5.41) is 2.14. The summed E-state index contributed by atoms with van der Waals surface area (Å²) in [6.07, 6.45) is -7.65. The Kier molecular flexibility index (Phi) is 21.0. The van der Waals surface area contributed by atoms with Crippen LogP contribution in [-0.4, -0.2) is 101 Å². The molecule has 71 heavy (non-hydrogen) atoms. The molecule has 0 unspecified atom stereocenters. The summed E-state index contributed by atoms with van der Waals surface area (Å²) in [5.41, 5.74) is -2.06. The molecule has 0 bridgehead atoms. The lowest BCUT2D eigenvalue weighted by Crippen LogP contribution is -2.74. The first-order chi connectivity index (χ1) is 32.4. The third-order valence-electron chi connectivity index (χ3n) is 10.9. The number of esters is 1. The van der Waals surface area contributed by atoms with Gasteiger partial charge in [-0.2, -0.15) is 74.6 Å². The van der Waals surface area contributed by atoms with E-state index in [1.807, 2.05) is 0 Å². The van der Waals surface area contributed by atoms with E-state index in [1.165, 1.54) is 77.3 Å². The standard InChI is InChI=1S/C43H48F19NO7Si/c1-7-67-33(64)13-11-9-8-10-12-32(66-6)34(70-35(65)63-31-19-16-28(44)24-30(31)45)27-14-17-29(18-15-27)68-21-22-69-71(25(2)3,26(4)5)23-20-36(46,47)37(48,49)38(50,51)39(52,53)40(54,55)41(56,57)42(58,59)43(60,61)62/h8-9,11,13-19,24-26,32,34H,7,10,12,20-23H2,1-6H3,(H,63,65)/b9-8+,13-11+/t32-,34-/m0/s1. The van der Waals surface area contributed by atoms with Crippen molar-refractivity contribution in [1.29, 1.82) is 0 Å². The topological polar surface area (TPSA) is 92.3 Å². The zero-order valence-corrected chi connectivity index (χ0v) is 39.1. The predicted molar refractivity (Wildman–Crippen MR) is 218 cm³/mol. The van der Waals surface area contributed by atoms with E-state index in [0.717, 1.165) is 12.1 Å². The van der Waals surface area contributed by atoms with Gasteiger partial charge in [0.25, 0.3) is 0 Å². The fourth-order valence-electron chi connectivity index (χ4n) is 6.86. The molecule has 0 spiro atoms. The van der Waals surface area contributed by atoms with E-state index in [4.69, 9.17) is 23.4 Å². The first-order valence-corrected chi connectivity index (χ1v) is 23.2. The van der Waals surface area contributed by atoms with E-state index >= 15 is 8.78 Å². The summed E-state index contributed by atoms with van der Waals surface area (Å²) in [4.78, 5) is 24.5. The first kappa shape index (κ1) is 62.4. The van der Waals surface area contributed by atoms with E-state index in [1.54, 1.807) is 13.0 Å². The average molecular weight is 1080 g/mol. The van der Waals surface area contributed by atoms with Crippen molar-refractivity contribution < 1.29 is 116 Å². The van der Waals surface area contributed by atoms with Crippen LogP contribution in [0.15, 0.2) is 66.8 Å². The number of rotatable bonds is 27. The van der Waals surface area contributed by atoms with Gasteiger partial charge in [0, 0.05) is 25.7 Å². The van der Waals surface area contributed by atoms with Gasteiger partial charge in [-0.05, 0) is 66.7 Å². The van der Waals surface area contributed by atoms with Crippen molar-refractivity contribution in [2.75, 3.05) is 32.2 Å². The number of amides is 1. The van der Waals surface area contributed by atoms with Crippen LogP contribution in [0.2, 0.25) is 17.1 Å². The monoisotopic (exact) mass is 1080 g/mol. The number of anilines is 1. The van der Waals surface area contributed by atoms with Gasteiger partial charge in [0.15, 0.2) is 14.4 Å². The third-order valence-corrected chi connectivity index (χ3v) is 16.6. The smallest absolute Gasteiger partial charge is 0.460 e. The molecule has 1 amide bonds. The lowest BCUT2D eigenvalue weighted by atomic mass is 9.88. The van der Waals surface area contributed by atoms with Gasteiger partial charge in [0.05, 0.1) is 25.0 Å². The summed E-state index contributed by atoms with van der Waals surface area (Å²) in [6, 6.07) is 6.30. The van der Waals surface area contributed by atoms with Gasteiger partial charge in [-0.3, -0.25) is 5.32 Å². The summed E-state index contributed by atoms with van der Waals surface area (Å²) in [5.74, 6) is -59.7. The minimum atomic E-state index is -8.73. The lowest BCUT2D eigenvalue weighted by molar-refractivity contribution is -0.461. The fourth-order valence-corrected chi connectivity index (χ4v) is 11.3. The number of carbonyl (C=O) groups excluding carboxylic acids is 2. The average Bonchev–Trinajstić information content (AvgIpc) is 3.25. The highest BCUT2D eigenvalue weighted by Crippen LogP contribution is 2.64. The van der Waals surface area contributed by atoms with Crippen molar-refractivity contribution in [3.8, 4) is 5.75 Å². The van der Waals surface area contributed by atoms with Crippen molar-refractivity contribution in [3.05, 3.63) is 84.0 Å². The molecule has 2 rings (SSSR count). The minimum absolute atomic E-state index is 0.0327. The Morgan fingerprint density at radius 1 is 0.704 bits per heavy atom. The molecule has 0 fully saturated rings. The van der Waals surface area contributed by atoms with E-state index in [9.17, 15) is 84.2 Å². The third kappa shape index (κ3) is 13.7. The predicted octanol–water partition coefficient (Wildman–Crippen LogP) is 14.3. The largest absolute Gasteiger partial charge is 0.491 e. The van der Waals surface area contributed by atoms with Crippen LogP contribution in [-0.2, 0) is 23.4 Å².